The van der Waals surface area contributed by atoms with E-state index in [1.165, 1.54) is 10.6 Å². The third-order valence-electron chi connectivity index (χ3n) is 1.34. The van der Waals surface area contributed by atoms with Crippen molar-refractivity contribution in [2.24, 2.45) is 0 Å². The van der Waals surface area contributed by atoms with Crippen LogP contribution >= 0.6 is 23.2 Å². The molecule has 4 nitrogen and oxygen atoms in total. The quantitative estimate of drug-likeness (QED) is 0.433. The third-order valence-corrected chi connectivity index (χ3v) is 1.81. The minimum atomic E-state index is 0.319. The zero-order valence-electron chi connectivity index (χ0n) is 6.12. The fraction of sp³-hybridized carbons (Fsp3) is 0. The van der Waals surface area contributed by atoms with E-state index in [2.05, 4.69) is 15.1 Å². The molecule has 0 fully saturated rings. The number of halogens is 2. The second-order valence-electron chi connectivity index (χ2n) is 2.27. The Labute approximate surface area is 78.9 Å². The van der Waals surface area contributed by atoms with E-state index >= 15 is 0 Å². The van der Waals surface area contributed by atoms with Crippen LogP contribution in [0.25, 0.3) is 5.78 Å². The van der Waals surface area contributed by atoms with Gasteiger partial charge in [0.25, 0.3) is 5.78 Å². The average molecular weight is 201 g/mol. The van der Waals surface area contributed by atoms with Crippen molar-refractivity contribution in [2.45, 2.75) is 0 Å². The first kappa shape index (κ1) is 7.82. The number of fused-ring (bicyclic) bond motifs is 1. The normalized spacial score (nSPS) is 10.8. The van der Waals surface area contributed by atoms with Gasteiger partial charge in [0.05, 0.1) is 0 Å². The number of hydrogen-bond acceptors (Lipinski definition) is 3. The highest BCUT2D eigenvalue weighted by Crippen LogP contribution is 2.13. The summed E-state index contributed by atoms with van der Waals surface area (Å²) >= 11 is 11.5. The Morgan fingerprint density at radius 2 is 2.08 bits per heavy atom. The van der Waals surface area contributed by atoms with E-state index in [4.69, 9.17) is 23.2 Å². The number of nitrogens with zero attached hydrogens (tertiary/aromatic N) is 4. The Morgan fingerprint density at radius 3 is 2.83 bits per heavy atom. The molecular weight excluding hydrogens is 198 g/mol. The topological polar surface area (TPSA) is 43.1 Å². The predicted molar refractivity (Wildman–Crippen MR) is 49.0 cm³/mol. The van der Waals surface area contributed by atoms with E-state index in [1.807, 2.05) is 0 Å². The van der Waals surface area contributed by atoms with Gasteiger partial charge in [0.15, 0.2) is 7.85 Å². The van der Waals surface area contributed by atoms with Gasteiger partial charge in [-0.2, -0.15) is 14.6 Å². The van der Waals surface area contributed by atoms with Gasteiger partial charge in [0.1, 0.15) is 16.0 Å². The third kappa shape index (κ3) is 1.15. The van der Waals surface area contributed by atoms with Crippen molar-refractivity contribution in [3.63, 3.8) is 0 Å². The second kappa shape index (κ2) is 2.60. The van der Waals surface area contributed by atoms with E-state index in [0.29, 0.717) is 21.8 Å². The molecule has 0 amide bonds. The zero-order valence-corrected chi connectivity index (χ0v) is 7.63. The molecule has 7 heteroatoms. The first-order valence-corrected chi connectivity index (χ1v) is 3.98. The highest BCUT2D eigenvalue weighted by Gasteiger charge is 2.05. The van der Waals surface area contributed by atoms with Gasteiger partial charge in [-0.25, -0.2) is 4.98 Å². The SMILES string of the molecule is Bc1nc2nc(Cl)cc(Cl)n2n1. The van der Waals surface area contributed by atoms with Gasteiger partial charge < -0.3 is 0 Å². The molecule has 0 saturated heterocycles. The summed E-state index contributed by atoms with van der Waals surface area (Å²) in [6, 6.07) is 1.52. The van der Waals surface area contributed by atoms with Crippen molar-refractivity contribution in [3.8, 4) is 0 Å². The van der Waals surface area contributed by atoms with Crippen molar-refractivity contribution in [3.05, 3.63) is 16.4 Å². The molecule has 0 aliphatic rings. The van der Waals surface area contributed by atoms with Crippen molar-refractivity contribution in [2.75, 3.05) is 0 Å². The lowest BCUT2D eigenvalue weighted by molar-refractivity contribution is 0.951. The molecule has 2 aromatic rings. The van der Waals surface area contributed by atoms with Gasteiger partial charge in [0, 0.05) is 6.07 Å². The van der Waals surface area contributed by atoms with E-state index in [1.54, 1.807) is 7.85 Å². The van der Waals surface area contributed by atoms with Crippen LogP contribution in [0.15, 0.2) is 6.07 Å². The molecule has 0 saturated carbocycles. The number of rotatable bonds is 0. The van der Waals surface area contributed by atoms with Crippen LogP contribution in [0.3, 0.4) is 0 Å². The van der Waals surface area contributed by atoms with Gasteiger partial charge in [-0.3, -0.25) is 0 Å². The summed E-state index contributed by atoms with van der Waals surface area (Å²) in [5.74, 6) is 0.421. The van der Waals surface area contributed by atoms with Gasteiger partial charge in [0.2, 0.25) is 0 Å². The van der Waals surface area contributed by atoms with Crippen LogP contribution in [0.1, 0.15) is 0 Å². The van der Waals surface area contributed by atoms with E-state index in [0.717, 1.165) is 0 Å². The number of hydrogen-bond donors (Lipinski definition) is 0. The fourth-order valence-electron chi connectivity index (χ4n) is 0.907. The molecule has 0 N–H and O–H groups in total. The van der Waals surface area contributed by atoms with Gasteiger partial charge in [-0.05, 0) is 0 Å². The maximum atomic E-state index is 5.81. The standard InChI is InChI=1S/C5H3BCl2N4/c6-4-10-5-9-2(7)1-3(8)12(5)11-4/h1H,6H2. The van der Waals surface area contributed by atoms with Crippen LogP contribution in [0.2, 0.25) is 10.3 Å². The van der Waals surface area contributed by atoms with Gasteiger partial charge in [-0.15, -0.1) is 0 Å². The molecule has 0 bridgehead atoms. The molecule has 0 aliphatic heterocycles. The first-order chi connectivity index (χ1) is 5.66. The lowest BCUT2D eigenvalue weighted by Crippen LogP contribution is -2.06. The molecule has 0 spiro atoms. The van der Waals surface area contributed by atoms with Crippen LogP contribution in [-0.2, 0) is 0 Å². The first-order valence-electron chi connectivity index (χ1n) is 3.22. The van der Waals surface area contributed by atoms with Crippen molar-refractivity contribution in [1.82, 2.24) is 19.6 Å². The molecule has 60 valence electrons. The van der Waals surface area contributed by atoms with Crippen LogP contribution in [0.4, 0.5) is 0 Å². The van der Waals surface area contributed by atoms with Crippen LogP contribution < -0.4 is 5.72 Å². The minimum Gasteiger partial charge on any atom is -0.206 e. The van der Waals surface area contributed by atoms with Gasteiger partial charge in [-0.1, -0.05) is 23.2 Å². The Kier molecular flexibility index (Phi) is 1.70. The Hall–Kier alpha value is -0.805. The molecule has 2 aromatic heterocycles. The van der Waals surface area contributed by atoms with Crippen LogP contribution in [0, 0.1) is 0 Å². The maximum absolute atomic E-state index is 5.81. The van der Waals surface area contributed by atoms with E-state index < -0.39 is 0 Å². The van der Waals surface area contributed by atoms with Crippen molar-refractivity contribution in [1.29, 1.82) is 0 Å². The molecule has 0 atom stereocenters. The molecule has 0 unspecified atom stereocenters. The summed E-state index contributed by atoms with van der Waals surface area (Å²) in [4.78, 5) is 7.93. The maximum Gasteiger partial charge on any atom is 0.254 e. The van der Waals surface area contributed by atoms with E-state index in [9.17, 15) is 0 Å². The minimum absolute atomic E-state index is 0.319. The van der Waals surface area contributed by atoms with Crippen LogP contribution in [-0.4, -0.2) is 27.4 Å². The lowest BCUT2D eigenvalue weighted by Gasteiger charge is -1.93. The Bertz CT molecular complexity index is 440. The monoisotopic (exact) mass is 200 g/mol. The second-order valence-corrected chi connectivity index (χ2v) is 3.05. The molecule has 2 heterocycles. The van der Waals surface area contributed by atoms with Crippen LogP contribution in [0.5, 0.6) is 0 Å². The van der Waals surface area contributed by atoms with E-state index in [-0.39, 0.29) is 0 Å². The average Bonchev–Trinajstić information content (AvgIpc) is 2.29. The zero-order chi connectivity index (χ0) is 8.72. The van der Waals surface area contributed by atoms with Gasteiger partial charge >= 0.3 is 0 Å². The summed E-state index contributed by atoms with van der Waals surface area (Å²) in [6.45, 7) is 0. The molecule has 2 rings (SSSR count). The Morgan fingerprint density at radius 1 is 1.33 bits per heavy atom. The largest absolute Gasteiger partial charge is 0.254 e. The highest BCUT2D eigenvalue weighted by atomic mass is 35.5. The summed E-state index contributed by atoms with van der Waals surface area (Å²) in [5, 5.41) is 4.73. The molecule has 12 heavy (non-hydrogen) atoms. The summed E-state index contributed by atoms with van der Waals surface area (Å²) in [6.07, 6.45) is 0. The molecular formula is C5H3BCl2N4. The molecule has 0 aromatic carbocycles. The lowest BCUT2D eigenvalue weighted by atomic mass is 10.1. The predicted octanol–water partition coefficient (Wildman–Crippen LogP) is -0.310. The summed E-state index contributed by atoms with van der Waals surface area (Å²) in [7, 11) is 1.76. The summed E-state index contributed by atoms with van der Waals surface area (Å²) in [5.41, 5.74) is 0.617. The molecule has 0 radical (unpaired) electrons. The fourth-order valence-corrected chi connectivity index (χ4v) is 1.36. The number of aromatic nitrogens is 4. The summed E-state index contributed by atoms with van der Waals surface area (Å²) < 4.78 is 1.43. The smallest absolute Gasteiger partial charge is 0.206 e. The Balaban J connectivity index is 2.88. The molecule has 0 aliphatic carbocycles. The highest BCUT2D eigenvalue weighted by molar-refractivity contribution is 6.33. The van der Waals surface area contributed by atoms with Crippen molar-refractivity contribution < 1.29 is 0 Å². The van der Waals surface area contributed by atoms with Crippen molar-refractivity contribution >= 4 is 42.5 Å².